The van der Waals surface area contributed by atoms with Crippen LogP contribution >= 0.6 is 11.3 Å². The number of benzene rings is 8. The molecule has 0 aliphatic carbocycles. The van der Waals surface area contributed by atoms with Gasteiger partial charge in [-0.05, 0) is 64.4 Å². The first-order valence-corrected chi connectivity index (χ1v) is 19.3. The van der Waals surface area contributed by atoms with Crippen LogP contribution in [-0.4, -0.2) is 14.5 Å². The molecule has 12 rings (SSSR count). The highest BCUT2D eigenvalue weighted by Crippen LogP contribution is 2.43. The number of fused-ring (bicyclic) bond motifs is 11. The monoisotopic (exact) mass is 719 g/mol. The molecule has 0 spiro atoms. The van der Waals surface area contributed by atoms with Crippen LogP contribution in [0, 0.1) is 0 Å². The highest BCUT2D eigenvalue weighted by atomic mass is 32.1. The van der Waals surface area contributed by atoms with Gasteiger partial charge in [-0.2, -0.15) is 0 Å². The SMILES string of the molecule is c1ccc(-c2cc3c(c4ccccc24)c2ccccc2n3-c2ccc3c(c2)oc2cc(-c4nc(-c5ccccc5)c5sc6ccccc6c5n4)ccc23)cc1. The van der Waals surface area contributed by atoms with Crippen molar-refractivity contribution >= 4 is 86.2 Å². The first-order valence-electron chi connectivity index (χ1n) is 18.5. The van der Waals surface area contributed by atoms with Gasteiger partial charge < -0.3 is 8.98 Å². The fourth-order valence-corrected chi connectivity index (χ4v) is 9.67. The number of thiophene rings is 1. The minimum atomic E-state index is 0.685. The molecular weight excluding hydrogens is 691 g/mol. The second-order valence-corrected chi connectivity index (χ2v) is 15.2. The van der Waals surface area contributed by atoms with Crippen molar-refractivity contribution < 1.29 is 4.42 Å². The minimum absolute atomic E-state index is 0.685. The van der Waals surface area contributed by atoms with E-state index in [4.69, 9.17) is 14.4 Å². The molecule has 0 atom stereocenters. The Hall–Kier alpha value is -7.08. The summed E-state index contributed by atoms with van der Waals surface area (Å²) in [6.45, 7) is 0. The van der Waals surface area contributed by atoms with Crippen LogP contribution in [0.1, 0.15) is 0 Å². The van der Waals surface area contributed by atoms with Crippen molar-refractivity contribution in [3.63, 3.8) is 0 Å². The van der Waals surface area contributed by atoms with E-state index in [2.05, 4.69) is 174 Å². The normalized spacial score (nSPS) is 12.0. The second kappa shape index (κ2) is 11.7. The Bertz CT molecular complexity index is 3490. The molecule has 4 heterocycles. The van der Waals surface area contributed by atoms with Crippen LogP contribution in [0.2, 0.25) is 0 Å². The standard InChI is InChI=1S/C50H29N3OS/c1-3-13-30(14-4-1)40-29-42-46(37-18-8-7-17-34(37)40)38-19-9-11-21-41(38)53(42)33-24-26-36-35-25-23-32(27-43(35)54-44(36)28-33)50-51-47(31-15-5-2-6-16-31)49-48(52-50)39-20-10-12-22-45(39)55-49/h1-29H. The van der Waals surface area contributed by atoms with Crippen molar-refractivity contribution in [1.29, 1.82) is 0 Å². The maximum Gasteiger partial charge on any atom is 0.160 e. The smallest absolute Gasteiger partial charge is 0.160 e. The fraction of sp³-hybridized carbons (Fsp3) is 0. The van der Waals surface area contributed by atoms with E-state index >= 15 is 0 Å². The number of furan rings is 1. The van der Waals surface area contributed by atoms with Gasteiger partial charge >= 0.3 is 0 Å². The first kappa shape index (κ1) is 30.4. The molecule has 4 aromatic heterocycles. The predicted molar refractivity (Wildman–Crippen MR) is 230 cm³/mol. The summed E-state index contributed by atoms with van der Waals surface area (Å²) in [6, 6.07) is 62.4. The second-order valence-electron chi connectivity index (χ2n) is 14.1. The maximum atomic E-state index is 6.73. The van der Waals surface area contributed by atoms with Crippen molar-refractivity contribution in [2.24, 2.45) is 0 Å². The van der Waals surface area contributed by atoms with E-state index in [1.165, 1.54) is 42.9 Å². The molecule has 0 radical (unpaired) electrons. The lowest BCUT2D eigenvalue weighted by atomic mass is 9.95. The van der Waals surface area contributed by atoms with Gasteiger partial charge in [0.2, 0.25) is 0 Å². The van der Waals surface area contributed by atoms with Gasteiger partial charge in [-0.1, -0.05) is 127 Å². The van der Waals surface area contributed by atoms with E-state index in [-0.39, 0.29) is 0 Å². The number of nitrogens with zero attached hydrogens (tertiary/aromatic N) is 3. The van der Waals surface area contributed by atoms with Crippen LogP contribution in [0.25, 0.3) is 114 Å². The van der Waals surface area contributed by atoms with Crippen molar-refractivity contribution in [2.75, 3.05) is 0 Å². The molecule has 0 aliphatic heterocycles. The Balaban J connectivity index is 1.05. The third kappa shape index (κ3) is 4.57. The summed E-state index contributed by atoms with van der Waals surface area (Å²) in [5.74, 6) is 0.685. The van der Waals surface area contributed by atoms with Crippen molar-refractivity contribution in [3.8, 4) is 39.5 Å². The molecule has 5 heteroatoms. The summed E-state index contributed by atoms with van der Waals surface area (Å²) in [4.78, 5) is 10.4. The van der Waals surface area contributed by atoms with E-state index in [1.807, 2.05) is 6.07 Å². The molecule has 4 nitrogen and oxygen atoms in total. The van der Waals surface area contributed by atoms with E-state index < -0.39 is 0 Å². The van der Waals surface area contributed by atoms with Crippen molar-refractivity contribution in [1.82, 2.24) is 14.5 Å². The quantitative estimate of drug-likeness (QED) is 0.182. The highest BCUT2D eigenvalue weighted by molar-refractivity contribution is 7.26. The van der Waals surface area contributed by atoms with E-state index in [0.29, 0.717) is 5.82 Å². The fourth-order valence-electron chi connectivity index (χ4n) is 8.52. The average molecular weight is 720 g/mol. The molecule has 8 aromatic carbocycles. The largest absolute Gasteiger partial charge is 0.456 e. The van der Waals surface area contributed by atoms with E-state index in [1.54, 1.807) is 11.3 Å². The van der Waals surface area contributed by atoms with Gasteiger partial charge in [0.25, 0.3) is 0 Å². The summed E-state index contributed by atoms with van der Waals surface area (Å²) < 4.78 is 11.4. The number of rotatable bonds is 4. The maximum absolute atomic E-state index is 6.73. The summed E-state index contributed by atoms with van der Waals surface area (Å²) in [5.41, 5.74) is 11.4. The third-order valence-electron chi connectivity index (χ3n) is 11.0. The molecule has 256 valence electrons. The molecule has 55 heavy (non-hydrogen) atoms. The van der Waals surface area contributed by atoms with Crippen LogP contribution in [0.4, 0.5) is 0 Å². The highest BCUT2D eigenvalue weighted by Gasteiger charge is 2.20. The van der Waals surface area contributed by atoms with Crippen LogP contribution < -0.4 is 0 Å². The summed E-state index contributed by atoms with van der Waals surface area (Å²) in [6.07, 6.45) is 0. The minimum Gasteiger partial charge on any atom is -0.456 e. The average Bonchev–Trinajstić information content (AvgIpc) is 3.92. The Morgan fingerprint density at radius 3 is 1.93 bits per heavy atom. The topological polar surface area (TPSA) is 43.9 Å². The lowest BCUT2D eigenvalue weighted by Crippen LogP contribution is -1.94. The van der Waals surface area contributed by atoms with Gasteiger partial charge in [-0.25, -0.2) is 9.97 Å². The number of hydrogen-bond acceptors (Lipinski definition) is 4. The number of hydrogen-bond donors (Lipinski definition) is 0. The van der Waals surface area contributed by atoms with Crippen molar-refractivity contribution in [3.05, 3.63) is 176 Å². The predicted octanol–water partition coefficient (Wildman–Crippen LogP) is 14.0. The Morgan fingerprint density at radius 2 is 1.11 bits per heavy atom. The molecule has 0 unspecified atom stereocenters. The molecule has 0 saturated carbocycles. The zero-order valence-electron chi connectivity index (χ0n) is 29.4. The molecule has 0 bridgehead atoms. The Kier molecular flexibility index (Phi) is 6.47. The number of aromatic nitrogens is 3. The molecule has 0 N–H and O–H groups in total. The van der Waals surface area contributed by atoms with Gasteiger partial charge in [-0.15, -0.1) is 11.3 Å². The van der Waals surface area contributed by atoms with Gasteiger partial charge in [0.15, 0.2) is 5.82 Å². The molecule has 0 fully saturated rings. The lowest BCUT2D eigenvalue weighted by Gasteiger charge is -2.12. The number of para-hydroxylation sites is 1. The van der Waals surface area contributed by atoms with Gasteiger partial charge in [-0.3, -0.25) is 0 Å². The van der Waals surface area contributed by atoms with Crippen molar-refractivity contribution in [2.45, 2.75) is 0 Å². The molecular formula is C50H29N3OS. The van der Waals surface area contributed by atoms with Crippen LogP contribution in [0.5, 0.6) is 0 Å². The lowest BCUT2D eigenvalue weighted by molar-refractivity contribution is 0.669. The van der Waals surface area contributed by atoms with E-state index in [0.717, 1.165) is 65.6 Å². The Morgan fingerprint density at radius 1 is 0.455 bits per heavy atom. The van der Waals surface area contributed by atoms with Gasteiger partial charge in [0, 0.05) is 54.5 Å². The Labute approximate surface area is 319 Å². The van der Waals surface area contributed by atoms with Crippen LogP contribution in [0.15, 0.2) is 180 Å². The molecule has 0 saturated heterocycles. The third-order valence-corrected chi connectivity index (χ3v) is 12.2. The van der Waals surface area contributed by atoms with Gasteiger partial charge in [0.05, 0.1) is 26.9 Å². The summed E-state index contributed by atoms with van der Waals surface area (Å²) in [7, 11) is 0. The van der Waals surface area contributed by atoms with Crippen LogP contribution in [0.3, 0.4) is 0 Å². The zero-order valence-corrected chi connectivity index (χ0v) is 30.2. The first-order chi connectivity index (χ1) is 27.3. The summed E-state index contributed by atoms with van der Waals surface area (Å²) in [5, 5.41) is 8.27. The zero-order chi connectivity index (χ0) is 36.0. The summed E-state index contributed by atoms with van der Waals surface area (Å²) >= 11 is 1.75. The molecule has 12 aromatic rings. The van der Waals surface area contributed by atoms with E-state index in [9.17, 15) is 0 Å². The molecule has 0 amide bonds. The van der Waals surface area contributed by atoms with Gasteiger partial charge in [0.1, 0.15) is 11.2 Å². The molecule has 0 aliphatic rings. The van der Waals surface area contributed by atoms with Crippen LogP contribution in [-0.2, 0) is 0 Å².